The molecule has 120 valence electrons. The molecule has 1 aliphatic rings. The maximum atomic E-state index is 11.9. The topological polar surface area (TPSA) is 17.1 Å². The molecule has 3 atom stereocenters. The first kappa shape index (κ1) is 18.2. The van der Waals surface area contributed by atoms with Gasteiger partial charge in [0.05, 0.1) is 0 Å². The van der Waals surface area contributed by atoms with Gasteiger partial charge in [0.15, 0.2) is 0 Å². The van der Waals surface area contributed by atoms with E-state index >= 15 is 0 Å². The van der Waals surface area contributed by atoms with Crippen molar-refractivity contribution in [3.8, 4) is 0 Å². The van der Waals surface area contributed by atoms with Crippen molar-refractivity contribution in [2.75, 3.05) is 0 Å². The molecule has 0 aromatic heterocycles. The Kier molecular flexibility index (Phi) is 8.64. The summed E-state index contributed by atoms with van der Waals surface area (Å²) in [6, 6.07) is 0. The van der Waals surface area contributed by atoms with Crippen LogP contribution in [0.25, 0.3) is 0 Å². The van der Waals surface area contributed by atoms with Crippen LogP contribution in [-0.2, 0) is 4.79 Å². The first-order valence-electron chi connectivity index (χ1n) is 8.92. The summed E-state index contributed by atoms with van der Waals surface area (Å²) in [5.74, 6) is 2.31. The molecule has 1 heteroatoms. The van der Waals surface area contributed by atoms with Gasteiger partial charge in [0.2, 0.25) is 0 Å². The Balaban J connectivity index is 2.56. The van der Waals surface area contributed by atoms with Gasteiger partial charge in [-0.3, -0.25) is 4.79 Å². The van der Waals surface area contributed by atoms with Crippen LogP contribution in [0.4, 0.5) is 0 Å². The van der Waals surface area contributed by atoms with E-state index in [2.05, 4.69) is 39.0 Å². The number of hydrogen-bond donors (Lipinski definition) is 0. The molecule has 0 saturated heterocycles. The predicted molar refractivity (Wildman–Crippen MR) is 92.3 cm³/mol. The number of rotatable bonds is 10. The number of carbonyl (C=O) groups is 1. The van der Waals surface area contributed by atoms with Crippen LogP contribution in [0.2, 0.25) is 0 Å². The van der Waals surface area contributed by atoms with Crippen LogP contribution in [-0.4, -0.2) is 5.78 Å². The fourth-order valence-electron chi connectivity index (χ4n) is 3.38. The molecule has 0 bridgehead atoms. The molecule has 0 spiro atoms. The number of Topliss-reactive ketones (excluding diaryl/α,β-unsaturated/α-hetero) is 1. The quantitative estimate of drug-likeness (QED) is 0.444. The maximum Gasteiger partial charge on any atom is 0.132 e. The minimum absolute atomic E-state index is 0.439. The van der Waals surface area contributed by atoms with Crippen molar-refractivity contribution >= 4 is 5.78 Å². The molecule has 0 aliphatic heterocycles. The predicted octanol–water partition coefficient (Wildman–Crippen LogP) is 6.10. The fraction of sp³-hybridized carbons (Fsp3) is 0.750. The highest BCUT2D eigenvalue weighted by atomic mass is 16.1. The Morgan fingerprint density at radius 3 is 2.71 bits per heavy atom. The Hall–Kier alpha value is -0.850. The summed E-state index contributed by atoms with van der Waals surface area (Å²) < 4.78 is 0. The largest absolute Gasteiger partial charge is 0.300 e. The molecule has 3 unspecified atom stereocenters. The maximum absolute atomic E-state index is 11.9. The average molecular weight is 290 g/mol. The zero-order valence-electron chi connectivity index (χ0n) is 14.5. The van der Waals surface area contributed by atoms with E-state index in [9.17, 15) is 4.79 Å². The molecule has 1 rings (SSSR count). The molecule has 0 amide bonds. The first-order chi connectivity index (χ1) is 10.1. The molecule has 0 heterocycles. The van der Waals surface area contributed by atoms with Crippen LogP contribution in [0.3, 0.4) is 0 Å². The van der Waals surface area contributed by atoms with E-state index in [0.717, 1.165) is 6.42 Å². The smallest absolute Gasteiger partial charge is 0.132 e. The summed E-state index contributed by atoms with van der Waals surface area (Å²) in [5.41, 5.74) is 1.47. The van der Waals surface area contributed by atoms with E-state index in [1.165, 1.54) is 44.1 Å². The first-order valence-corrected chi connectivity index (χ1v) is 8.92. The second kappa shape index (κ2) is 9.97. The molecule has 0 aromatic carbocycles. The Morgan fingerprint density at radius 1 is 1.33 bits per heavy atom. The lowest BCUT2D eigenvalue weighted by molar-refractivity contribution is -0.120. The summed E-state index contributed by atoms with van der Waals surface area (Å²) in [7, 11) is 0. The van der Waals surface area contributed by atoms with Crippen LogP contribution in [0.15, 0.2) is 23.8 Å². The van der Waals surface area contributed by atoms with Crippen molar-refractivity contribution in [3.63, 3.8) is 0 Å². The van der Waals surface area contributed by atoms with E-state index in [-0.39, 0.29) is 0 Å². The molecule has 1 aliphatic carbocycles. The van der Waals surface area contributed by atoms with Gasteiger partial charge in [-0.15, -0.1) is 0 Å². The molecule has 21 heavy (non-hydrogen) atoms. The highest BCUT2D eigenvalue weighted by molar-refractivity contribution is 5.78. The SMILES string of the molecule is CCCCCC(C)C(CC(=O)CC)CC1C=CC=C(C)C1. The van der Waals surface area contributed by atoms with Gasteiger partial charge < -0.3 is 0 Å². The zero-order chi connectivity index (χ0) is 15.7. The molecule has 0 N–H and O–H groups in total. The van der Waals surface area contributed by atoms with Gasteiger partial charge in [-0.25, -0.2) is 0 Å². The Labute approximate surface area is 131 Å². The van der Waals surface area contributed by atoms with E-state index in [4.69, 9.17) is 0 Å². The second-order valence-electron chi connectivity index (χ2n) is 6.93. The third-order valence-electron chi connectivity index (χ3n) is 4.91. The lowest BCUT2D eigenvalue weighted by Crippen LogP contribution is -2.20. The highest BCUT2D eigenvalue weighted by Gasteiger charge is 2.23. The number of hydrogen-bond acceptors (Lipinski definition) is 1. The average Bonchev–Trinajstić information content (AvgIpc) is 2.46. The van der Waals surface area contributed by atoms with E-state index < -0.39 is 0 Å². The molecule has 0 fully saturated rings. The number of carbonyl (C=O) groups excluding carboxylic acids is 1. The summed E-state index contributed by atoms with van der Waals surface area (Å²) in [5, 5.41) is 0. The molecule has 0 saturated carbocycles. The van der Waals surface area contributed by atoms with Crippen molar-refractivity contribution in [2.45, 2.75) is 79.1 Å². The van der Waals surface area contributed by atoms with Crippen molar-refractivity contribution in [3.05, 3.63) is 23.8 Å². The molecule has 0 aromatic rings. The summed E-state index contributed by atoms with van der Waals surface area (Å²) in [6.45, 7) is 8.82. The lowest BCUT2D eigenvalue weighted by atomic mass is 9.77. The van der Waals surface area contributed by atoms with Gasteiger partial charge >= 0.3 is 0 Å². The van der Waals surface area contributed by atoms with Gasteiger partial charge in [-0.2, -0.15) is 0 Å². The van der Waals surface area contributed by atoms with Gasteiger partial charge in [-0.1, -0.05) is 70.3 Å². The van der Waals surface area contributed by atoms with Crippen molar-refractivity contribution < 1.29 is 4.79 Å². The summed E-state index contributed by atoms with van der Waals surface area (Å²) >= 11 is 0. The monoisotopic (exact) mass is 290 g/mol. The molecule has 1 nitrogen and oxygen atoms in total. The van der Waals surface area contributed by atoms with Crippen LogP contribution >= 0.6 is 0 Å². The molecular weight excluding hydrogens is 256 g/mol. The molecular formula is C20H34O. The number of ketones is 1. The van der Waals surface area contributed by atoms with Gasteiger partial charge in [-0.05, 0) is 37.5 Å². The summed E-state index contributed by atoms with van der Waals surface area (Å²) in [4.78, 5) is 11.9. The van der Waals surface area contributed by atoms with E-state index in [1.54, 1.807) is 0 Å². The van der Waals surface area contributed by atoms with Gasteiger partial charge in [0, 0.05) is 12.8 Å². The minimum atomic E-state index is 0.439. The van der Waals surface area contributed by atoms with Crippen LogP contribution in [0.1, 0.15) is 79.1 Å². The number of allylic oxidation sites excluding steroid dienone is 4. The Bertz CT molecular complexity index is 364. The van der Waals surface area contributed by atoms with Crippen LogP contribution in [0.5, 0.6) is 0 Å². The summed E-state index contributed by atoms with van der Waals surface area (Å²) in [6.07, 6.45) is 15.8. The third-order valence-corrected chi connectivity index (χ3v) is 4.91. The van der Waals surface area contributed by atoms with Crippen molar-refractivity contribution in [2.24, 2.45) is 17.8 Å². The molecule has 0 radical (unpaired) electrons. The second-order valence-corrected chi connectivity index (χ2v) is 6.93. The third kappa shape index (κ3) is 7.11. The van der Waals surface area contributed by atoms with Crippen LogP contribution in [0, 0.1) is 17.8 Å². The van der Waals surface area contributed by atoms with Gasteiger partial charge in [0.25, 0.3) is 0 Å². The fourth-order valence-corrected chi connectivity index (χ4v) is 3.38. The zero-order valence-corrected chi connectivity index (χ0v) is 14.5. The lowest BCUT2D eigenvalue weighted by Gasteiger charge is -2.28. The van der Waals surface area contributed by atoms with Gasteiger partial charge in [0.1, 0.15) is 5.78 Å². The normalized spacial score (nSPS) is 21.0. The number of unbranched alkanes of at least 4 members (excludes halogenated alkanes) is 2. The standard InChI is InChI=1S/C20H34O/c1-5-7-8-11-17(4)19(15-20(21)6-2)14-18-12-9-10-16(3)13-18/h9-10,12,17-19H,5-8,11,13-15H2,1-4H3. The van der Waals surface area contributed by atoms with Crippen molar-refractivity contribution in [1.82, 2.24) is 0 Å². The van der Waals surface area contributed by atoms with Crippen molar-refractivity contribution in [1.29, 1.82) is 0 Å². The van der Waals surface area contributed by atoms with Crippen LogP contribution < -0.4 is 0 Å². The minimum Gasteiger partial charge on any atom is -0.300 e. The Morgan fingerprint density at radius 2 is 2.10 bits per heavy atom. The highest BCUT2D eigenvalue weighted by Crippen LogP contribution is 2.32. The van der Waals surface area contributed by atoms with E-state index in [1.807, 2.05) is 6.92 Å². The van der Waals surface area contributed by atoms with E-state index in [0.29, 0.717) is 30.0 Å².